The quantitative estimate of drug-likeness (QED) is 0.341. The van der Waals surface area contributed by atoms with E-state index in [1.165, 1.54) is 0 Å². The van der Waals surface area contributed by atoms with Crippen molar-refractivity contribution in [1.82, 2.24) is 0 Å². The van der Waals surface area contributed by atoms with Crippen LogP contribution in [0.4, 0.5) is 5.69 Å². The Hall–Kier alpha value is -1.46. The summed E-state index contributed by atoms with van der Waals surface area (Å²) in [5.74, 6) is 0.325. The van der Waals surface area contributed by atoms with E-state index in [0.29, 0.717) is 10.6 Å². The first-order valence-electron chi connectivity index (χ1n) is 6.29. The molecule has 0 aliphatic carbocycles. The fourth-order valence-corrected chi connectivity index (χ4v) is 2.64. The molecule has 1 saturated heterocycles. The lowest BCUT2D eigenvalue weighted by molar-refractivity contribution is 0.208. The molecule has 1 aliphatic rings. The molecule has 4 N–H and O–H groups in total. The number of piperidine rings is 1. The van der Waals surface area contributed by atoms with Crippen LogP contribution in [0.3, 0.4) is 0 Å². The van der Waals surface area contributed by atoms with E-state index in [-0.39, 0.29) is 18.4 Å². The van der Waals surface area contributed by atoms with E-state index in [0.717, 1.165) is 31.6 Å². The van der Waals surface area contributed by atoms with E-state index >= 15 is 0 Å². The summed E-state index contributed by atoms with van der Waals surface area (Å²) >= 11 is 6.03. The zero-order valence-electron chi connectivity index (χ0n) is 10.6. The number of nitrogens with zero attached hydrogens (tertiary/aromatic N) is 2. The predicted octanol–water partition coefficient (Wildman–Crippen LogP) is 1.64. The normalized spacial score (nSPS) is 20.6. The highest BCUT2D eigenvalue weighted by Crippen LogP contribution is 2.29. The average Bonchev–Trinajstić information content (AvgIpc) is 2.46. The molecule has 1 aliphatic heterocycles. The van der Waals surface area contributed by atoms with Crippen LogP contribution in [-0.2, 0) is 0 Å². The van der Waals surface area contributed by atoms with Gasteiger partial charge in [0.05, 0.1) is 0 Å². The minimum atomic E-state index is 0.0674. The van der Waals surface area contributed by atoms with Crippen LogP contribution >= 0.6 is 11.6 Å². The third kappa shape index (κ3) is 3.11. The van der Waals surface area contributed by atoms with Crippen LogP contribution in [0.25, 0.3) is 0 Å². The minimum absolute atomic E-state index is 0.0674. The van der Waals surface area contributed by atoms with E-state index in [2.05, 4.69) is 10.1 Å². The average molecular weight is 284 g/mol. The monoisotopic (exact) mass is 283 g/mol. The maximum atomic E-state index is 9.29. The SMILES string of the molecule is NC(=NO)c1ccc(Cl)cc1N1CCCC(CO)C1. The molecule has 19 heavy (non-hydrogen) atoms. The van der Waals surface area contributed by atoms with Gasteiger partial charge < -0.3 is 20.9 Å². The highest BCUT2D eigenvalue weighted by Gasteiger charge is 2.22. The number of rotatable bonds is 3. The standard InChI is InChI=1S/C13H18ClN3O2/c14-10-3-4-11(13(15)16-19)12(6-10)17-5-1-2-9(7-17)8-18/h3-4,6,9,18-19H,1-2,5,7-8H2,(H2,15,16). The van der Waals surface area contributed by atoms with Gasteiger partial charge in [-0.05, 0) is 37.0 Å². The minimum Gasteiger partial charge on any atom is -0.409 e. The lowest BCUT2D eigenvalue weighted by Crippen LogP contribution is -2.38. The van der Waals surface area contributed by atoms with Crippen molar-refractivity contribution in [2.75, 3.05) is 24.6 Å². The Labute approximate surface area is 117 Å². The van der Waals surface area contributed by atoms with Gasteiger partial charge in [0.25, 0.3) is 0 Å². The zero-order chi connectivity index (χ0) is 13.8. The molecule has 6 heteroatoms. The summed E-state index contributed by atoms with van der Waals surface area (Å²) in [5.41, 5.74) is 7.21. The lowest BCUT2D eigenvalue weighted by Gasteiger charge is -2.34. The topological polar surface area (TPSA) is 82.1 Å². The number of oxime groups is 1. The molecular weight excluding hydrogens is 266 g/mol. The van der Waals surface area contributed by atoms with Crippen molar-refractivity contribution >= 4 is 23.1 Å². The van der Waals surface area contributed by atoms with Gasteiger partial charge in [-0.25, -0.2) is 0 Å². The number of hydrogen-bond donors (Lipinski definition) is 3. The van der Waals surface area contributed by atoms with Gasteiger partial charge in [-0.15, -0.1) is 0 Å². The molecule has 0 radical (unpaired) electrons. The summed E-state index contributed by atoms with van der Waals surface area (Å²) in [6, 6.07) is 5.27. The maximum absolute atomic E-state index is 9.29. The third-order valence-electron chi connectivity index (χ3n) is 3.46. The number of aliphatic hydroxyl groups excluding tert-OH is 1. The molecule has 0 spiro atoms. The summed E-state index contributed by atoms with van der Waals surface area (Å²) < 4.78 is 0. The number of nitrogens with two attached hydrogens (primary N) is 1. The molecule has 0 aromatic heterocycles. The Morgan fingerprint density at radius 3 is 3.00 bits per heavy atom. The first-order valence-corrected chi connectivity index (χ1v) is 6.66. The molecule has 1 heterocycles. The van der Waals surface area contributed by atoms with Crippen molar-refractivity contribution in [2.24, 2.45) is 16.8 Å². The first-order chi connectivity index (χ1) is 9.15. The smallest absolute Gasteiger partial charge is 0.172 e. The van der Waals surface area contributed by atoms with E-state index in [1.54, 1.807) is 12.1 Å². The lowest BCUT2D eigenvalue weighted by atomic mass is 9.97. The first kappa shape index (κ1) is 14.0. The van der Waals surface area contributed by atoms with Crippen LogP contribution in [0, 0.1) is 5.92 Å². The molecule has 1 fully saturated rings. The van der Waals surface area contributed by atoms with Crippen molar-refractivity contribution in [3.05, 3.63) is 28.8 Å². The van der Waals surface area contributed by atoms with Gasteiger partial charge in [0.15, 0.2) is 5.84 Å². The van der Waals surface area contributed by atoms with Crippen LogP contribution in [0.5, 0.6) is 0 Å². The zero-order valence-corrected chi connectivity index (χ0v) is 11.3. The molecule has 2 rings (SSSR count). The molecule has 0 amide bonds. The van der Waals surface area contributed by atoms with E-state index in [9.17, 15) is 5.11 Å². The highest BCUT2D eigenvalue weighted by molar-refractivity contribution is 6.31. The van der Waals surface area contributed by atoms with Crippen LogP contribution in [0.15, 0.2) is 23.4 Å². The largest absolute Gasteiger partial charge is 0.409 e. The molecular formula is C13H18ClN3O2. The van der Waals surface area contributed by atoms with Crippen LogP contribution in [-0.4, -0.2) is 35.8 Å². The number of hydrogen-bond acceptors (Lipinski definition) is 4. The molecule has 1 aromatic rings. The number of benzene rings is 1. The molecule has 0 bridgehead atoms. The van der Waals surface area contributed by atoms with Gasteiger partial charge in [-0.3, -0.25) is 0 Å². The second-order valence-corrected chi connectivity index (χ2v) is 5.22. The summed E-state index contributed by atoms with van der Waals surface area (Å²) in [4.78, 5) is 2.13. The van der Waals surface area contributed by atoms with Crippen molar-refractivity contribution in [1.29, 1.82) is 0 Å². The predicted molar refractivity (Wildman–Crippen MR) is 76.0 cm³/mol. The van der Waals surface area contributed by atoms with Gasteiger partial charge in [-0.2, -0.15) is 0 Å². The highest BCUT2D eigenvalue weighted by atomic mass is 35.5. The van der Waals surface area contributed by atoms with E-state index in [1.807, 2.05) is 6.07 Å². The fourth-order valence-electron chi connectivity index (χ4n) is 2.47. The van der Waals surface area contributed by atoms with Crippen molar-refractivity contribution < 1.29 is 10.3 Å². The molecule has 5 nitrogen and oxygen atoms in total. The Kier molecular flexibility index (Phi) is 4.50. The Morgan fingerprint density at radius 2 is 2.32 bits per heavy atom. The molecule has 1 atom stereocenters. The van der Waals surface area contributed by atoms with Crippen molar-refractivity contribution in [3.8, 4) is 0 Å². The van der Waals surface area contributed by atoms with Gasteiger partial charge in [0.2, 0.25) is 0 Å². The second-order valence-electron chi connectivity index (χ2n) is 4.78. The van der Waals surface area contributed by atoms with Gasteiger partial charge in [0, 0.05) is 36.0 Å². The second kappa shape index (κ2) is 6.12. The number of amidine groups is 1. The molecule has 1 unspecified atom stereocenters. The van der Waals surface area contributed by atoms with Crippen LogP contribution < -0.4 is 10.6 Å². The third-order valence-corrected chi connectivity index (χ3v) is 3.70. The molecule has 1 aromatic carbocycles. The molecule has 0 saturated carbocycles. The Balaban J connectivity index is 2.34. The summed E-state index contributed by atoms with van der Waals surface area (Å²) in [6.45, 7) is 1.81. The number of halogens is 1. The van der Waals surface area contributed by atoms with Gasteiger partial charge >= 0.3 is 0 Å². The summed E-state index contributed by atoms with van der Waals surface area (Å²) in [6.07, 6.45) is 2.03. The summed E-state index contributed by atoms with van der Waals surface area (Å²) in [5, 5.41) is 21.8. The van der Waals surface area contributed by atoms with E-state index < -0.39 is 0 Å². The summed E-state index contributed by atoms with van der Waals surface area (Å²) in [7, 11) is 0. The van der Waals surface area contributed by atoms with Crippen molar-refractivity contribution in [2.45, 2.75) is 12.8 Å². The van der Waals surface area contributed by atoms with E-state index in [4.69, 9.17) is 22.5 Å². The number of aliphatic hydroxyl groups is 1. The number of anilines is 1. The molecule has 104 valence electrons. The maximum Gasteiger partial charge on any atom is 0.172 e. The Bertz CT molecular complexity index is 479. The van der Waals surface area contributed by atoms with Gasteiger partial charge in [0.1, 0.15) is 0 Å². The fraction of sp³-hybridized carbons (Fsp3) is 0.462. The van der Waals surface area contributed by atoms with Crippen molar-refractivity contribution in [3.63, 3.8) is 0 Å². The van der Waals surface area contributed by atoms with Crippen LogP contribution in [0.1, 0.15) is 18.4 Å². The van der Waals surface area contributed by atoms with Crippen LogP contribution in [0.2, 0.25) is 5.02 Å². The Morgan fingerprint density at radius 1 is 1.53 bits per heavy atom. The van der Waals surface area contributed by atoms with Gasteiger partial charge in [-0.1, -0.05) is 16.8 Å².